The second kappa shape index (κ2) is 4.19. The minimum Gasteiger partial charge on any atom is -0.312 e. The lowest BCUT2D eigenvalue weighted by Crippen LogP contribution is -2.48. The summed E-state index contributed by atoms with van der Waals surface area (Å²) in [6.07, 6.45) is 7.05. The Balaban J connectivity index is 1.69. The monoisotopic (exact) mass is 196 g/mol. The van der Waals surface area contributed by atoms with Crippen molar-refractivity contribution in [2.75, 3.05) is 26.7 Å². The molecule has 1 saturated heterocycles. The van der Waals surface area contributed by atoms with Crippen molar-refractivity contribution in [1.82, 2.24) is 10.2 Å². The van der Waals surface area contributed by atoms with E-state index in [2.05, 4.69) is 24.2 Å². The van der Waals surface area contributed by atoms with Crippen molar-refractivity contribution in [3.8, 4) is 0 Å². The Bertz CT molecular complexity index is 187. The number of nitrogens with one attached hydrogen (secondary N) is 1. The first-order valence-corrected chi connectivity index (χ1v) is 6.10. The van der Waals surface area contributed by atoms with Crippen molar-refractivity contribution < 1.29 is 0 Å². The molecular formula is C12H24N2. The fraction of sp³-hybridized carbons (Fsp3) is 1.00. The van der Waals surface area contributed by atoms with Gasteiger partial charge in [-0.05, 0) is 44.7 Å². The summed E-state index contributed by atoms with van der Waals surface area (Å²) in [5, 5.41) is 3.75. The summed E-state index contributed by atoms with van der Waals surface area (Å²) in [7, 11) is 2.24. The summed E-state index contributed by atoms with van der Waals surface area (Å²) >= 11 is 0. The molecule has 1 unspecified atom stereocenters. The molecular weight excluding hydrogens is 172 g/mol. The van der Waals surface area contributed by atoms with Crippen LogP contribution in [0.3, 0.4) is 0 Å². The number of nitrogens with zero attached hydrogens (tertiary/aromatic N) is 1. The predicted octanol–water partition coefficient (Wildman–Crippen LogP) is 1.86. The minimum absolute atomic E-state index is 0.635. The maximum atomic E-state index is 3.75. The van der Waals surface area contributed by atoms with Gasteiger partial charge < -0.3 is 10.2 Å². The number of piperidine rings is 1. The van der Waals surface area contributed by atoms with Gasteiger partial charge in [0.25, 0.3) is 0 Å². The van der Waals surface area contributed by atoms with Crippen LogP contribution in [0.2, 0.25) is 0 Å². The Morgan fingerprint density at radius 2 is 2.14 bits per heavy atom. The smallest absolute Gasteiger partial charge is 0.0195 e. The van der Waals surface area contributed by atoms with Gasteiger partial charge in [-0.2, -0.15) is 0 Å². The summed E-state index contributed by atoms with van der Waals surface area (Å²) in [4.78, 5) is 2.45. The Hall–Kier alpha value is -0.0800. The van der Waals surface area contributed by atoms with Crippen LogP contribution >= 0.6 is 0 Å². The number of likely N-dealkylation sites (N-methyl/N-ethyl adjacent to an activating group) is 1. The maximum Gasteiger partial charge on any atom is 0.0195 e. The Kier molecular flexibility index (Phi) is 3.13. The first-order chi connectivity index (χ1) is 6.68. The van der Waals surface area contributed by atoms with Crippen LogP contribution < -0.4 is 5.32 Å². The lowest BCUT2D eigenvalue weighted by molar-refractivity contribution is 0.136. The molecule has 0 radical (unpaired) electrons. The van der Waals surface area contributed by atoms with Crippen molar-refractivity contribution in [3.63, 3.8) is 0 Å². The highest BCUT2D eigenvalue weighted by atomic mass is 15.1. The van der Waals surface area contributed by atoms with Gasteiger partial charge in [0.2, 0.25) is 0 Å². The van der Waals surface area contributed by atoms with E-state index in [-0.39, 0.29) is 0 Å². The number of hydrogen-bond donors (Lipinski definition) is 1. The standard InChI is InChI=1S/C12H24N2/c1-12(6-4-7-12)10-13-11-5-3-8-14(2)9-11/h11,13H,3-10H2,1-2H3. The predicted molar refractivity (Wildman–Crippen MR) is 60.5 cm³/mol. The van der Waals surface area contributed by atoms with Crippen molar-refractivity contribution in [3.05, 3.63) is 0 Å². The highest BCUT2D eigenvalue weighted by Gasteiger charge is 2.32. The molecule has 1 aliphatic carbocycles. The third-order valence-corrected chi connectivity index (χ3v) is 4.00. The molecule has 2 heteroatoms. The van der Waals surface area contributed by atoms with Gasteiger partial charge in [0.1, 0.15) is 0 Å². The molecule has 0 amide bonds. The molecule has 1 N–H and O–H groups in total. The summed E-state index contributed by atoms with van der Waals surface area (Å²) in [6.45, 7) is 6.20. The molecule has 2 aliphatic rings. The van der Waals surface area contributed by atoms with Gasteiger partial charge in [-0.25, -0.2) is 0 Å². The molecule has 1 atom stereocenters. The van der Waals surface area contributed by atoms with Gasteiger partial charge in [0.05, 0.1) is 0 Å². The minimum atomic E-state index is 0.635. The number of rotatable bonds is 3. The third kappa shape index (κ3) is 2.48. The number of hydrogen-bond acceptors (Lipinski definition) is 2. The first-order valence-electron chi connectivity index (χ1n) is 6.10. The van der Waals surface area contributed by atoms with Crippen molar-refractivity contribution in [2.45, 2.75) is 45.1 Å². The van der Waals surface area contributed by atoms with E-state index in [1.165, 1.54) is 51.7 Å². The normalized spacial score (nSPS) is 32.6. The van der Waals surface area contributed by atoms with Gasteiger partial charge in [-0.1, -0.05) is 13.3 Å². The summed E-state index contributed by atoms with van der Waals surface area (Å²) < 4.78 is 0. The molecule has 1 heterocycles. The van der Waals surface area contributed by atoms with E-state index in [0.29, 0.717) is 5.41 Å². The molecule has 14 heavy (non-hydrogen) atoms. The molecule has 0 aromatic carbocycles. The van der Waals surface area contributed by atoms with Crippen molar-refractivity contribution in [1.29, 1.82) is 0 Å². The van der Waals surface area contributed by atoms with Crippen LogP contribution in [0, 0.1) is 5.41 Å². The highest BCUT2D eigenvalue weighted by Crippen LogP contribution is 2.39. The molecule has 1 aliphatic heterocycles. The molecule has 1 saturated carbocycles. The molecule has 0 bridgehead atoms. The fourth-order valence-corrected chi connectivity index (χ4v) is 2.68. The van der Waals surface area contributed by atoms with Crippen LogP contribution in [-0.2, 0) is 0 Å². The summed E-state index contributed by atoms with van der Waals surface area (Å²) in [6, 6.07) is 0.756. The molecule has 2 nitrogen and oxygen atoms in total. The largest absolute Gasteiger partial charge is 0.312 e. The van der Waals surface area contributed by atoms with Gasteiger partial charge >= 0.3 is 0 Å². The molecule has 82 valence electrons. The van der Waals surface area contributed by atoms with Crippen LogP contribution in [0.1, 0.15) is 39.0 Å². The SMILES string of the molecule is CN1CCCC(NCC2(C)CCC2)C1. The Labute approximate surface area is 88.1 Å². The zero-order valence-corrected chi connectivity index (χ0v) is 9.68. The van der Waals surface area contributed by atoms with Crippen LogP contribution in [0.25, 0.3) is 0 Å². The highest BCUT2D eigenvalue weighted by molar-refractivity contribution is 4.87. The summed E-state index contributed by atoms with van der Waals surface area (Å²) in [5.74, 6) is 0. The lowest BCUT2D eigenvalue weighted by atomic mass is 9.70. The van der Waals surface area contributed by atoms with Crippen LogP contribution in [0.15, 0.2) is 0 Å². The maximum absolute atomic E-state index is 3.75. The average molecular weight is 196 g/mol. The van der Waals surface area contributed by atoms with E-state index in [1.54, 1.807) is 0 Å². The van der Waals surface area contributed by atoms with Crippen LogP contribution in [0.5, 0.6) is 0 Å². The Morgan fingerprint density at radius 1 is 1.36 bits per heavy atom. The zero-order chi connectivity index (χ0) is 10.0. The van der Waals surface area contributed by atoms with E-state index in [4.69, 9.17) is 0 Å². The van der Waals surface area contributed by atoms with Gasteiger partial charge in [0, 0.05) is 19.1 Å². The quantitative estimate of drug-likeness (QED) is 0.741. The third-order valence-electron chi connectivity index (χ3n) is 4.00. The zero-order valence-electron chi connectivity index (χ0n) is 9.68. The Morgan fingerprint density at radius 3 is 2.71 bits per heavy atom. The van der Waals surface area contributed by atoms with E-state index >= 15 is 0 Å². The molecule has 2 rings (SSSR count). The van der Waals surface area contributed by atoms with Crippen molar-refractivity contribution in [2.24, 2.45) is 5.41 Å². The first kappa shape index (κ1) is 10.4. The molecule has 0 spiro atoms. The number of likely N-dealkylation sites (tertiary alicyclic amines) is 1. The molecule has 0 aromatic heterocycles. The van der Waals surface area contributed by atoms with Gasteiger partial charge in [-0.3, -0.25) is 0 Å². The second-order valence-corrected chi connectivity index (χ2v) is 5.65. The fourth-order valence-electron chi connectivity index (χ4n) is 2.68. The lowest BCUT2D eigenvalue weighted by Gasteiger charge is -2.41. The van der Waals surface area contributed by atoms with Crippen LogP contribution in [-0.4, -0.2) is 37.6 Å². The molecule has 2 fully saturated rings. The van der Waals surface area contributed by atoms with Crippen LogP contribution in [0.4, 0.5) is 0 Å². The molecule has 0 aromatic rings. The van der Waals surface area contributed by atoms with E-state index in [1.807, 2.05) is 0 Å². The van der Waals surface area contributed by atoms with E-state index in [0.717, 1.165) is 6.04 Å². The van der Waals surface area contributed by atoms with Gasteiger partial charge in [-0.15, -0.1) is 0 Å². The average Bonchev–Trinajstić information content (AvgIpc) is 2.12. The van der Waals surface area contributed by atoms with Gasteiger partial charge in [0.15, 0.2) is 0 Å². The van der Waals surface area contributed by atoms with E-state index in [9.17, 15) is 0 Å². The van der Waals surface area contributed by atoms with E-state index < -0.39 is 0 Å². The van der Waals surface area contributed by atoms with Crippen molar-refractivity contribution >= 4 is 0 Å². The topological polar surface area (TPSA) is 15.3 Å². The second-order valence-electron chi connectivity index (χ2n) is 5.65. The summed E-state index contributed by atoms with van der Waals surface area (Å²) in [5.41, 5.74) is 0.635.